The lowest BCUT2D eigenvalue weighted by Gasteiger charge is -2.34. The fourth-order valence-electron chi connectivity index (χ4n) is 4.45. The second kappa shape index (κ2) is 12.4. The van der Waals surface area contributed by atoms with Crippen LogP contribution in [0.3, 0.4) is 0 Å². The molecule has 1 unspecified atom stereocenters. The number of pyridine rings is 1. The Labute approximate surface area is 228 Å². The smallest absolute Gasteiger partial charge is 0.430 e. The third kappa shape index (κ3) is 6.91. The van der Waals surface area contributed by atoms with Crippen LogP contribution in [0.2, 0.25) is 5.15 Å². The minimum absolute atomic E-state index is 0.0214. The van der Waals surface area contributed by atoms with Gasteiger partial charge >= 0.3 is 6.18 Å². The molecule has 0 spiro atoms. The number of ether oxygens (including phenoxy) is 1. The molecule has 214 valence electrons. The molecule has 1 aromatic carbocycles. The van der Waals surface area contributed by atoms with Crippen LogP contribution in [-0.2, 0) is 10.4 Å². The van der Waals surface area contributed by atoms with E-state index in [1.165, 1.54) is 24.1 Å². The first-order chi connectivity index (χ1) is 18.3. The van der Waals surface area contributed by atoms with E-state index in [1.54, 1.807) is 26.2 Å². The van der Waals surface area contributed by atoms with Crippen molar-refractivity contribution >= 4 is 29.2 Å². The van der Waals surface area contributed by atoms with Crippen LogP contribution in [0.5, 0.6) is 5.75 Å². The molecule has 1 aromatic heterocycles. The van der Waals surface area contributed by atoms with E-state index in [9.17, 15) is 32.3 Å². The third-order valence-electron chi connectivity index (χ3n) is 6.71. The molecule has 0 saturated carbocycles. The molecule has 39 heavy (non-hydrogen) atoms. The lowest BCUT2D eigenvalue weighted by molar-refractivity contribution is -0.257. The Morgan fingerprint density at radius 3 is 2.46 bits per heavy atom. The Morgan fingerprint density at radius 1 is 1.23 bits per heavy atom. The molecule has 2 atom stereocenters. The van der Waals surface area contributed by atoms with Crippen molar-refractivity contribution in [2.24, 2.45) is 5.92 Å². The van der Waals surface area contributed by atoms with Gasteiger partial charge in [-0.1, -0.05) is 23.7 Å². The number of methoxy groups -OCH3 is 1. The third-order valence-corrected chi connectivity index (χ3v) is 7.00. The van der Waals surface area contributed by atoms with Gasteiger partial charge in [-0.15, -0.1) is 0 Å². The van der Waals surface area contributed by atoms with Crippen molar-refractivity contribution < 1.29 is 37.0 Å². The summed E-state index contributed by atoms with van der Waals surface area (Å²) in [5, 5.41) is 12.4. The van der Waals surface area contributed by atoms with Crippen LogP contribution in [-0.4, -0.2) is 80.0 Å². The highest BCUT2D eigenvalue weighted by Gasteiger charge is 2.61. The summed E-state index contributed by atoms with van der Waals surface area (Å²) in [5.74, 6) is -1.50. The average molecular weight is 575 g/mol. The molecule has 3 rings (SSSR count). The molecule has 1 aliphatic heterocycles. The Morgan fingerprint density at radius 2 is 1.90 bits per heavy atom. The molecule has 2 aromatic rings. The number of nitrogens with one attached hydrogen (secondary N) is 1. The second-order valence-corrected chi connectivity index (χ2v) is 9.98. The van der Waals surface area contributed by atoms with Crippen molar-refractivity contribution in [2.75, 3.05) is 45.7 Å². The standard InChI is InChI=1S/C26H31ClF4N4O4/c1-34(2)23(36)20-7-8-21(33-22(20)27)35-11-9-16(10-12-35)13-18(28)15-32-24(37)25(38,26(29,30)31)17-5-4-6-19(14-17)39-3/h4-8,14,16,18,38H,9-13,15H2,1-3H3,(H,32,37)/t18?,25-/m1/s1. The molecule has 13 heteroatoms. The number of rotatable bonds is 9. The molecule has 1 fully saturated rings. The van der Waals surface area contributed by atoms with Gasteiger partial charge in [0, 0.05) is 39.3 Å². The summed E-state index contributed by atoms with van der Waals surface area (Å²) in [6, 6.07) is 7.74. The summed E-state index contributed by atoms with van der Waals surface area (Å²) in [4.78, 5) is 32.3. The number of hydrogen-bond acceptors (Lipinski definition) is 6. The monoisotopic (exact) mass is 574 g/mol. The molecular formula is C26H31ClF4N4O4. The number of carbonyl (C=O) groups excluding carboxylic acids is 2. The Kier molecular flexibility index (Phi) is 9.65. The zero-order valence-electron chi connectivity index (χ0n) is 21.8. The molecule has 0 radical (unpaired) electrons. The molecule has 2 N–H and O–H groups in total. The molecule has 2 amide bonds. The largest absolute Gasteiger partial charge is 0.497 e. The fourth-order valence-corrected chi connectivity index (χ4v) is 4.68. The highest BCUT2D eigenvalue weighted by Crippen LogP contribution is 2.40. The van der Waals surface area contributed by atoms with Gasteiger partial charge in [0.2, 0.25) is 0 Å². The highest BCUT2D eigenvalue weighted by atomic mass is 35.5. The number of halogens is 5. The van der Waals surface area contributed by atoms with E-state index in [4.69, 9.17) is 16.3 Å². The van der Waals surface area contributed by atoms with Gasteiger partial charge < -0.3 is 25.0 Å². The number of carbonyl (C=O) groups is 2. The van der Waals surface area contributed by atoms with Crippen LogP contribution in [0.15, 0.2) is 36.4 Å². The highest BCUT2D eigenvalue weighted by molar-refractivity contribution is 6.32. The number of alkyl halides is 4. The summed E-state index contributed by atoms with van der Waals surface area (Å²) >= 11 is 6.20. The predicted octanol–water partition coefficient (Wildman–Crippen LogP) is 3.96. The van der Waals surface area contributed by atoms with E-state index in [0.29, 0.717) is 31.7 Å². The maximum Gasteiger partial charge on any atom is 0.430 e. The Balaban J connectivity index is 1.55. The molecule has 0 aliphatic carbocycles. The Hall–Kier alpha value is -3.12. The molecule has 1 aliphatic rings. The molecule has 1 saturated heterocycles. The number of amides is 2. The quantitative estimate of drug-likeness (QED) is 0.348. The Bertz CT molecular complexity index is 1170. The van der Waals surface area contributed by atoms with Crippen LogP contribution in [0, 0.1) is 5.92 Å². The number of anilines is 1. The number of piperidine rings is 1. The van der Waals surface area contributed by atoms with Crippen LogP contribution in [0.1, 0.15) is 35.2 Å². The van der Waals surface area contributed by atoms with Crippen LogP contribution < -0.4 is 15.0 Å². The van der Waals surface area contributed by atoms with Gasteiger partial charge in [0.25, 0.3) is 17.4 Å². The first-order valence-electron chi connectivity index (χ1n) is 12.3. The van der Waals surface area contributed by atoms with E-state index in [2.05, 4.69) is 4.98 Å². The minimum atomic E-state index is -5.35. The van der Waals surface area contributed by atoms with Crippen LogP contribution in [0.4, 0.5) is 23.4 Å². The topological polar surface area (TPSA) is 95.0 Å². The first kappa shape index (κ1) is 30.4. The van der Waals surface area contributed by atoms with Gasteiger partial charge in [-0.05, 0) is 49.4 Å². The number of aromatic nitrogens is 1. The van der Waals surface area contributed by atoms with Crippen molar-refractivity contribution in [1.29, 1.82) is 0 Å². The van der Waals surface area contributed by atoms with Gasteiger partial charge in [0.1, 0.15) is 22.9 Å². The van der Waals surface area contributed by atoms with Crippen LogP contribution >= 0.6 is 11.6 Å². The molecule has 0 bridgehead atoms. The molecule has 8 nitrogen and oxygen atoms in total. The van der Waals surface area contributed by atoms with Crippen molar-refractivity contribution in [2.45, 2.75) is 37.2 Å². The summed E-state index contributed by atoms with van der Waals surface area (Å²) < 4.78 is 61.0. The van der Waals surface area contributed by atoms with Gasteiger partial charge in [-0.3, -0.25) is 9.59 Å². The predicted molar refractivity (Wildman–Crippen MR) is 138 cm³/mol. The summed E-state index contributed by atoms with van der Waals surface area (Å²) in [6.07, 6.45) is -5.76. The van der Waals surface area contributed by atoms with Gasteiger partial charge in [0.05, 0.1) is 12.7 Å². The van der Waals surface area contributed by atoms with E-state index < -0.39 is 36.0 Å². The second-order valence-electron chi connectivity index (χ2n) is 9.62. The fraction of sp³-hybridized carbons (Fsp3) is 0.500. The molecule has 2 heterocycles. The normalized spacial score (nSPS) is 16.8. The number of nitrogens with zero attached hydrogens (tertiary/aromatic N) is 3. The maximum atomic E-state index is 14.7. The average Bonchev–Trinajstić information content (AvgIpc) is 2.90. The van der Waals surface area contributed by atoms with E-state index in [0.717, 1.165) is 12.1 Å². The lowest BCUT2D eigenvalue weighted by Crippen LogP contribution is -2.55. The number of aliphatic hydroxyl groups is 1. The summed E-state index contributed by atoms with van der Waals surface area (Å²) in [7, 11) is 4.45. The maximum absolute atomic E-state index is 14.7. The summed E-state index contributed by atoms with van der Waals surface area (Å²) in [6.45, 7) is 0.398. The van der Waals surface area contributed by atoms with E-state index in [-0.39, 0.29) is 34.7 Å². The van der Waals surface area contributed by atoms with Gasteiger partial charge in [0.15, 0.2) is 0 Å². The van der Waals surface area contributed by atoms with Crippen molar-refractivity contribution in [3.8, 4) is 5.75 Å². The lowest BCUT2D eigenvalue weighted by atomic mass is 9.90. The van der Waals surface area contributed by atoms with Gasteiger partial charge in [-0.2, -0.15) is 13.2 Å². The van der Waals surface area contributed by atoms with Gasteiger partial charge in [-0.25, -0.2) is 9.37 Å². The van der Waals surface area contributed by atoms with E-state index >= 15 is 0 Å². The number of hydrogen-bond donors (Lipinski definition) is 2. The first-order valence-corrected chi connectivity index (χ1v) is 12.6. The van der Waals surface area contributed by atoms with Crippen LogP contribution in [0.25, 0.3) is 0 Å². The van der Waals surface area contributed by atoms with Crippen molar-refractivity contribution in [3.05, 3.63) is 52.7 Å². The number of benzene rings is 1. The van der Waals surface area contributed by atoms with E-state index in [1.807, 2.05) is 10.2 Å². The summed E-state index contributed by atoms with van der Waals surface area (Å²) in [5.41, 5.74) is -4.32. The zero-order chi connectivity index (χ0) is 29.0. The minimum Gasteiger partial charge on any atom is -0.497 e. The SMILES string of the molecule is COc1cccc([C@@](O)(C(=O)NCC(F)CC2CCN(c3ccc(C(=O)N(C)C)c(Cl)n3)CC2)C(F)(F)F)c1. The van der Waals surface area contributed by atoms with Crippen molar-refractivity contribution in [3.63, 3.8) is 0 Å². The zero-order valence-corrected chi connectivity index (χ0v) is 22.5. The van der Waals surface area contributed by atoms with Crippen molar-refractivity contribution in [1.82, 2.24) is 15.2 Å². The molecular weight excluding hydrogens is 544 g/mol.